The number of rotatable bonds is 6. The van der Waals surface area contributed by atoms with E-state index >= 15 is 0 Å². The van der Waals surface area contributed by atoms with Gasteiger partial charge in [-0.05, 0) is 45.3 Å². The fourth-order valence-electron chi connectivity index (χ4n) is 1.77. The minimum absolute atomic E-state index is 0.714. The maximum absolute atomic E-state index is 5.41. The van der Waals surface area contributed by atoms with Crippen LogP contribution in [0.1, 0.15) is 32.1 Å². The van der Waals surface area contributed by atoms with Gasteiger partial charge in [-0.15, -0.1) is 0 Å². The third kappa shape index (κ3) is 5.24. The van der Waals surface area contributed by atoms with Gasteiger partial charge in [0, 0.05) is 12.6 Å². The molecule has 4 N–H and O–H groups in total. The van der Waals surface area contributed by atoms with E-state index in [4.69, 9.17) is 5.73 Å². The molecule has 1 unspecified atom stereocenters. The van der Waals surface area contributed by atoms with Crippen molar-refractivity contribution in [3.63, 3.8) is 0 Å². The molecule has 0 spiro atoms. The lowest BCUT2D eigenvalue weighted by atomic mass is 10.1. The molecule has 0 radical (unpaired) electrons. The monoisotopic (exact) mass is 185 g/mol. The Balaban J connectivity index is 1.86. The molecular formula is C10H23N3. The van der Waals surface area contributed by atoms with Crippen LogP contribution >= 0.6 is 0 Å². The fraction of sp³-hybridized carbons (Fsp3) is 1.00. The molecule has 1 saturated heterocycles. The average molecular weight is 185 g/mol. The Labute approximate surface area is 81.5 Å². The summed E-state index contributed by atoms with van der Waals surface area (Å²) in [5.74, 6) is 0. The fourth-order valence-corrected chi connectivity index (χ4v) is 1.77. The van der Waals surface area contributed by atoms with E-state index in [1.807, 2.05) is 0 Å². The van der Waals surface area contributed by atoms with Gasteiger partial charge in [0.05, 0.1) is 0 Å². The van der Waals surface area contributed by atoms with Crippen LogP contribution < -0.4 is 16.4 Å². The Bertz CT molecular complexity index is 111. The van der Waals surface area contributed by atoms with Gasteiger partial charge in [-0.3, -0.25) is 0 Å². The molecule has 0 aromatic rings. The zero-order chi connectivity index (χ0) is 9.36. The van der Waals surface area contributed by atoms with E-state index in [0.717, 1.165) is 26.1 Å². The van der Waals surface area contributed by atoms with Crippen LogP contribution in [-0.4, -0.2) is 32.2 Å². The number of unbranched alkanes of at least 4 members (excludes halogenated alkanes) is 1. The molecule has 1 heterocycles. The molecule has 0 saturated carbocycles. The van der Waals surface area contributed by atoms with E-state index in [1.54, 1.807) is 0 Å². The highest BCUT2D eigenvalue weighted by atomic mass is 15.0. The minimum atomic E-state index is 0.714. The Hall–Kier alpha value is -0.120. The number of nitrogens with two attached hydrogens (primary N) is 1. The van der Waals surface area contributed by atoms with E-state index < -0.39 is 0 Å². The van der Waals surface area contributed by atoms with Gasteiger partial charge in [-0.1, -0.05) is 6.42 Å². The molecule has 1 aliphatic heterocycles. The van der Waals surface area contributed by atoms with Crippen LogP contribution in [0.5, 0.6) is 0 Å². The van der Waals surface area contributed by atoms with Crippen molar-refractivity contribution in [1.29, 1.82) is 0 Å². The topological polar surface area (TPSA) is 50.1 Å². The van der Waals surface area contributed by atoms with E-state index in [0.29, 0.717) is 6.04 Å². The van der Waals surface area contributed by atoms with Crippen LogP contribution in [0.2, 0.25) is 0 Å². The summed E-state index contributed by atoms with van der Waals surface area (Å²) >= 11 is 0. The number of nitrogens with one attached hydrogen (secondary N) is 2. The third-order valence-corrected chi connectivity index (χ3v) is 2.61. The summed E-state index contributed by atoms with van der Waals surface area (Å²) in [5, 5.41) is 6.99. The lowest BCUT2D eigenvalue weighted by Gasteiger charge is -2.23. The molecule has 0 bridgehead atoms. The average Bonchev–Trinajstić information content (AvgIpc) is 2.19. The molecule has 0 aromatic carbocycles. The standard InChI is InChI=1S/C10H23N3/c11-6-2-4-7-12-9-10-5-1-3-8-13-10/h10,12-13H,1-9,11H2. The van der Waals surface area contributed by atoms with Gasteiger partial charge in [0.25, 0.3) is 0 Å². The van der Waals surface area contributed by atoms with Gasteiger partial charge in [0.1, 0.15) is 0 Å². The molecule has 3 nitrogen and oxygen atoms in total. The summed E-state index contributed by atoms with van der Waals surface area (Å²) in [5.41, 5.74) is 5.41. The predicted octanol–water partition coefficient (Wildman–Crippen LogP) is 0.457. The maximum Gasteiger partial charge on any atom is 0.0192 e. The first-order chi connectivity index (χ1) is 6.43. The second-order valence-corrected chi connectivity index (χ2v) is 3.85. The van der Waals surface area contributed by atoms with Crippen molar-refractivity contribution >= 4 is 0 Å². The molecule has 1 aliphatic rings. The van der Waals surface area contributed by atoms with Gasteiger partial charge in [0.2, 0.25) is 0 Å². The van der Waals surface area contributed by atoms with Crippen LogP contribution in [-0.2, 0) is 0 Å². The van der Waals surface area contributed by atoms with Crippen LogP contribution in [0.15, 0.2) is 0 Å². The Kier molecular flexibility index (Phi) is 6.15. The van der Waals surface area contributed by atoms with E-state index in [-0.39, 0.29) is 0 Å². The molecular weight excluding hydrogens is 162 g/mol. The molecule has 3 heteroatoms. The highest BCUT2D eigenvalue weighted by molar-refractivity contribution is 4.73. The highest BCUT2D eigenvalue weighted by Crippen LogP contribution is 2.05. The van der Waals surface area contributed by atoms with Crippen molar-refractivity contribution in [1.82, 2.24) is 10.6 Å². The van der Waals surface area contributed by atoms with Crippen LogP contribution in [0.25, 0.3) is 0 Å². The zero-order valence-electron chi connectivity index (χ0n) is 8.52. The van der Waals surface area contributed by atoms with Crippen LogP contribution in [0.4, 0.5) is 0 Å². The summed E-state index contributed by atoms with van der Waals surface area (Å²) in [6.45, 7) is 4.28. The molecule has 0 aliphatic carbocycles. The molecule has 0 aromatic heterocycles. The first kappa shape index (κ1) is 11.0. The molecule has 13 heavy (non-hydrogen) atoms. The van der Waals surface area contributed by atoms with Gasteiger partial charge < -0.3 is 16.4 Å². The molecule has 1 atom stereocenters. The van der Waals surface area contributed by atoms with Crippen molar-refractivity contribution in [2.24, 2.45) is 5.73 Å². The maximum atomic E-state index is 5.41. The molecule has 78 valence electrons. The summed E-state index contributed by atoms with van der Waals surface area (Å²) in [6, 6.07) is 0.714. The van der Waals surface area contributed by atoms with E-state index in [2.05, 4.69) is 10.6 Å². The first-order valence-electron chi connectivity index (χ1n) is 5.57. The number of hydrogen-bond donors (Lipinski definition) is 3. The third-order valence-electron chi connectivity index (χ3n) is 2.61. The van der Waals surface area contributed by atoms with Crippen molar-refractivity contribution in [2.75, 3.05) is 26.2 Å². The van der Waals surface area contributed by atoms with E-state index in [9.17, 15) is 0 Å². The smallest absolute Gasteiger partial charge is 0.0192 e. The predicted molar refractivity (Wildman–Crippen MR) is 56.8 cm³/mol. The normalized spacial score (nSPS) is 23.3. The SMILES string of the molecule is NCCCCNCC1CCCCN1. The van der Waals surface area contributed by atoms with Gasteiger partial charge in [-0.2, -0.15) is 0 Å². The Morgan fingerprint density at radius 1 is 1.31 bits per heavy atom. The van der Waals surface area contributed by atoms with E-state index in [1.165, 1.54) is 32.2 Å². The summed E-state index contributed by atoms with van der Waals surface area (Å²) < 4.78 is 0. The van der Waals surface area contributed by atoms with Crippen molar-refractivity contribution in [2.45, 2.75) is 38.1 Å². The van der Waals surface area contributed by atoms with Crippen molar-refractivity contribution in [3.05, 3.63) is 0 Å². The van der Waals surface area contributed by atoms with Crippen LogP contribution in [0, 0.1) is 0 Å². The lowest BCUT2D eigenvalue weighted by Crippen LogP contribution is -2.41. The van der Waals surface area contributed by atoms with Crippen molar-refractivity contribution < 1.29 is 0 Å². The zero-order valence-corrected chi connectivity index (χ0v) is 8.52. The quantitative estimate of drug-likeness (QED) is 0.527. The van der Waals surface area contributed by atoms with Gasteiger partial charge in [0.15, 0.2) is 0 Å². The Morgan fingerprint density at radius 2 is 2.23 bits per heavy atom. The number of piperidine rings is 1. The number of hydrogen-bond acceptors (Lipinski definition) is 3. The highest BCUT2D eigenvalue weighted by Gasteiger charge is 2.10. The summed E-state index contributed by atoms with van der Waals surface area (Å²) in [6.07, 6.45) is 6.43. The minimum Gasteiger partial charge on any atom is -0.330 e. The second-order valence-electron chi connectivity index (χ2n) is 3.85. The molecule has 1 fully saturated rings. The Morgan fingerprint density at radius 3 is 2.92 bits per heavy atom. The van der Waals surface area contributed by atoms with Crippen molar-refractivity contribution in [3.8, 4) is 0 Å². The molecule has 1 rings (SSSR count). The van der Waals surface area contributed by atoms with Gasteiger partial charge >= 0.3 is 0 Å². The summed E-state index contributed by atoms with van der Waals surface area (Å²) in [7, 11) is 0. The van der Waals surface area contributed by atoms with Crippen LogP contribution in [0.3, 0.4) is 0 Å². The largest absolute Gasteiger partial charge is 0.330 e. The second kappa shape index (κ2) is 7.30. The van der Waals surface area contributed by atoms with Gasteiger partial charge in [-0.25, -0.2) is 0 Å². The lowest BCUT2D eigenvalue weighted by molar-refractivity contribution is 0.382. The first-order valence-corrected chi connectivity index (χ1v) is 5.57. The summed E-state index contributed by atoms with van der Waals surface area (Å²) in [4.78, 5) is 0. The molecule has 0 amide bonds.